The molecule has 0 unspecified atom stereocenters. The average molecular weight is 400 g/mol. The molecule has 7 heteroatoms. The summed E-state index contributed by atoms with van der Waals surface area (Å²) < 4.78 is 27.1. The molecule has 2 aromatic rings. The Morgan fingerprint density at radius 2 is 1.14 bits per heavy atom. The molecule has 0 radical (unpaired) electrons. The number of hydrogen-bond donors (Lipinski definition) is 0. The first-order chi connectivity index (χ1) is 12.8. The van der Waals surface area contributed by atoms with Crippen LogP contribution in [0.1, 0.15) is 66.7 Å². The number of thiophene rings is 1. The molecule has 0 bridgehead atoms. The van der Waals surface area contributed by atoms with E-state index >= 15 is 0 Å². The minimum Gasteiger partial charge on any atom is -0.403 e. The Labute approximate surface area is 173 Å². The second kappa shape index (κ2) is 6.32. The highest BCUT2D eigenvalue weighted by Gasteiger charge is 2.62. The van der Waals surface area contributed by atoms with E-state index in [-0.39, 0.29) is 5.72 Å². The molecule has 2 fully saturated rings. The van der Waals surface area contributed by atoms with E-state index in [2.05, 4.69) is 85.0 Å². The van der Waals surface area contributed by atoms with Crippen LogP contribution in [0.15, 0.2) is 29.6 Å². The average Bonchev–Trinajstić information content (AvgIpc) is 3.12. The Kier molecular flexibility index (Phi) is 4.61. The number of hydrogen-bond acceptors (Lipinski definition) is 5. The molecule has 4 nitrogen and oxygen atoms in total. The minimum atomic E-state index is -0.447. The van der Waals surface area contributed by atoms with Crippen LogP contribution < -0.4 is 0 Å². The van der Waals surface area contributed by atoms with Crippen molar-refractivity contribution in [3.63, 3.8) is 0 Å². The van der Waals surface area contributed by atoms with Crippen LogP contribution in [0.4, 0.5) is 0 Å². The molecule has 2 aliphatic heterocycles. The summed E-state index contributed by atoms with van der Waals surface area (Å²) in [5.41, 5.74) is -0.663. The summed E-state index contributed by atoms with van der Waals surface area (Å²) in [5, 5.41) is 3.41. The van der Waals surface area contributed by atoms with Crippen LogP contribution in [0.25, 0.3) is 10.1 Å². The molecule has 0 saturated carbocycles. The largest absolute Gasteiger partial charge is 0.463 e. The zero-order chi connectivity index (χ0) is 20.5. The summed E-state index contributed by atoms with van der Waals surface area (Å²) in [6.07, 6.45) is 0. The van der Waals surface area contributed by atoms with Crippen molar-refractivity contribution in [3.8, 4) is 0 Å². The molecule has 0 aliphatic carbocycles. The second-order valence-electron chi connectivity index (χ2n) is 9.96. The van der Waals surface area contributed by atoms with E-state index in [1.807, 2.05) is 0 Å². The van der Waals surface area contributed by atoms with Crippen molar-refractivity contribution in [3.05, 3.63) is 35.2 Å². The van der Waals surface area contributed by atoms with Gasteiger partial charge in [-0.05, 0) is 77.8 Å². The van der Waals surface area contributed by atoms with E-state index < -0.39 is 36.6 Å². The molecule has 0 atom stereocenters. The van der Waals surface area contributed by atoms with Crippen LogP contribution in [0.5, 0.6) is 0 Å². The SMILES string of the molecule is CC1(C)OB(C(B2OC(C)(C)C(C)(C)O2)c2csc3ccccc23)OC1(C)C. The maximum atomic E-state index is 6.47. The van der Waals surface area contributed by atoms with Gasteiger partial charge < -0.3 is 18.6 Å². The number of rotatable bonds is 3. The van der Waals surface area contributed by atoms with E-state index in [1.54, 1.807) is 11.3 Å². The third-order valence-electron chi connectivity index (χ3n) is 7.00. The van der Waals surface area contributed by atoms with Gasteiger partial charge in [0.25, 0.3) is 0 Å². The van der Waals surface area contributed by atoms with Gasteiger partial charge in [0.05, 0.1) is 28.1 Å². The lowest BCUT2D eigenvalue weighted by atomic mass is 9.49. The predicted molar refractivity (Wildman–Crippen MR) is 117 cm³/mol. The van der Waals surface area contributed by atoms with E-state index in [1.165, 1.54) is 10.1 Å². The maximum absolute atomic E-state index is 6.47. The lowest BCUT2D eigenvalue weighted by Crippen LogP contribution is -2.41. The Bertz CT molecular complexity index is 821. The van der Waals surface area contributed by atoms with Crippen molar-refractivity contribution in [1.82, 2.24) is 0 Å². The number of fused-ring (bicyclic) bond motifs is 1. The lowest BCUT2D eigenvalue weighted by Gasteiger charge is -2.32. The third kappa shape index (κ3) is 3.07. The summed E-state index contributed by atoms with van der Waals surface area (Å²) in [5.74, 6) is 0. The highest BCUT2D eigenvalue weighted by molar-refractivity contribution is 7.17. The summed E-state index contributed by atoms with van der Waals surface area (Å²) in [6.45, 7) is 16.7. The quantitative estimate of drug-likeness (QED) is 0.660. The Hall–Kier alpha value is -0.850. The molecule has 2 saturated heterocycles. The van der Waals surface area contributed by atoms with Gasteiger partial charge in [-0.15, -0.1) is 11.3 Å². The highest BCUT2D eigenvalue weighted by Crippen LogP contribution is 2.48. The van der Waals surface area contributed by atoms with Crippen LogP contribution in [0.2, 0.25) is 0 Å². The standard InChI is InChI=1S/C21H30B2O4S/c1-18(2)19(3,4)25-22(24-18)17(23-26-20(5,6)21(7,8)27-23)15-13-28-16-12-10-9-11-14(15)16/h9-13,17H,1-8H3. The van der Waals surface area contributed by atoms with Crippen molar-refractivity contribution in [2.24, 2.45) is 0 Å². The predicted octanol–water partition coefficient (Wildman–Crippen LogP) is 5.25. The van der Waals surface area contributed by atoms with Gasteiger partial charge in [0.2, 0.25) is 0 Å². The number of benzene rings is 1. The minimum absolute atomic E-state index is 0.182. The fourth-order valence-corrected chi connectivity index (χ4v) is 4.76. The van der Waals surface area contributed by atoms with Crippen LogP contribution in [0.3, 0.4) is 0 Å². The molecule has 2 aliphatic rings. The Balaban J connectivity index is 1.79. The van der Waals surface area contributed by atoms with Gasteiger partial charge in [-0.1, -0.05) is 18.2 Å². The third-order valence-corrected chi connectivity index (χ3v) is 7.98. The monoisotopic (exact) mass is 400 g/mol. The van der Waals surface area contributed by atoms with Crippen LogP contribution in [-0.4, -0.2) is 36.6 Å². The zero-order valence-corrected chi connectivity index (χ0v) is 19.0. The van der Waals surface area contributed by atoms with Crippen molar-refractivity contribution in [1.29, 1.82) is 0 Å². The molecule has 0 spiro atoms. The normalized spacial score (nSPS) is 25.2. The second-order valence-corrected chi connectivity index (χ2v) is 10.9. The molecule has 1 aromatic carbocycles. The first-order valence-corrected chi connectivity index (χ1v) is 10.9. The summed E-state index contributed by atoms with van der Waals surface area (Å²) >= 11 is 1.74. The smallest absolute Gasteiger partial charge is 0.403 e. The van der Waals surface area contributed by atoms with Gasteiger partial charge in [0.1, 0.15) is 0 Å². The Morgan fingerprint density at radius 3 is 1.61 bits per heavy atom. The van der Waals surface area contributed by atoms with E-state index in [4.69, 9.17) is 18.6 Å². The van der Waals surface area contributed by atoms with E-state index in [0.717, 1.165) is 5.56 Å². The van der Waals surface area contributed by atoms with Gasteiger partial charge >= 0.3 is 14.2 Å². The van der Waals surface area contributed by atoms with E-state index in [9.17, 15) is 0 Å². The lowest BCUT2D eigenvalue weighted by molar-refractivity contribution is 0.00578. The van der Waals surface area contributed by atoms with Crippen molar-refractivity contribution < 1.29 is 18.6 Å². The molecule has 0 amide bonds. The van der Waals surface area contributed by atoms with Gasteiger partial charge in [-0.3, -0.25) is 0 Å². The fourth-order valence-electron chi connectivity index (χ4n) is 3.75. The summed E-state index contributed by atoms with van der Waals surface area (Å²) in [4.78, 5) is 0. The summed E-state index contributed by atoms with van der Waals surface area (Å²) in [6, 6.07) is 8.45. The van der Waals surface area contributed by atoms with Crippen molar-refractivity contribution >= 4 is 35.7 Å². The first-order valence-electron chi connectivity index (χ1n) is 10.0. The molecule has 4 rings (SSSR count). The van der Waals surface area contributed by atoms with Gasteiger partial charge in [-0.2, -0.15) is 0 Å². The molecular formula is C21H30B2O4S. The van der Waals surface area contributed by atoms with E-state index in [0.29, 0.717) is 0 Å². The topological polar surface area (TPSA) is 36.9 Å². The molecular weight excluding hydrogens is 370 g/mol. The molecule has 1 aromatic heterocycles. The van der Waals surface area contributed by atoms with Gasteiger partial charge in [-0.25, -0.2) is 0 Å². The van der Waals surface area contributed by atoms with Crippen LogP contribution in [0, 0.1) is 0 Å². The maximum Gasteiger partial charge on any atom is 0.463 e. The fraction of sp³-hybridized carbons (Fsp3) is 0.619. The van der Waals surface area contributed by atoms with Crippen molar-refractivity contribution in [2.45, 2.75) is 83.5 Å². The van der Waals surface area contributed by atoms with Crippen molar-refractivity contribution in [2.75, 3.05) is 0 Å². The highest BCUT2D eigenvalue weighted by atomic mass is 32.1. The molecule has 28 heavy (non-hydrogen) atoms. The van der Waals surface area contributed by atoms with Crippen LogP contribution in [-0.2, 0) is 18.6 Å². The van der Waals surface area contributed by atoms with Crippen LogP contribution >= 0.6 is 11.3 Å². The summed E-state index contributed by atoms with van der Waals surface area (Å²) in [7, 11) is -0.893. The first kappa shape index (κ1) is 20.4. The molecule has 0 N–H and O–H groups in total. The zero-order valence-electron chi connectivity index (χ0n) is 18.2. The van der Waals surface area contributed by atoms with Gasteiger partial charge in [0.15, 0.2) is 0 Å². The molecule has 3 heterocycles. The van der Waals surface area contributed by atoms with Gasteiger partial charge in [0, 0.05) is 4.70 Å². The Morgan fingerprint density at radius 1 is 0.714 bits per heavy atom. The molecule has 150 valence electrons.